The highest BCUT2D eigenvalue weighted by Gasteiger charge is 2.19. The van der Waals surface area contributed by atoms with Gasteiger partial charge in [0.25, 0.3) is 0 Å². The van der Waals surface area contributed by atoms with Crippen LogP contribution in [-0.2, 0) is 4.79 Å². The largest absolute Gasteiger partial charge is 0.370 e. The highest BCUT2D eigenvalue weighted by Crippen LogP contribution is 2.38. The molecule has 1 amide bonds. The summed E-state index contributed by atoms with van der Waals surface area (Å²) in [5.41, 5.74) is 3.55. The smallest absolute Gasteiger partial charge is 0.223 e. The number of anilines is 2. The fraction of sp³-hybridized carbons (Fsp3) is 0.429. The fourth-order valence-corrected chi connectivity index (χ4v) is 3.75. The predicted octanol–water partition coefficient (Wildman–Crippen LogP) is 3.16. The summed E-state index contributed by atoms with van der Waals surface area (Å²) in [6, 6.07) is 4.15. The van der Waals surface area contributed by atoms with E-state index in [-0.39, 0.29) is 5.91 Å². The fourth-order valence-electron chi connectivity index (χ4n) is 2.61. The zero-order valence-corrected chi connectivity index (χ0v) is 12.0. The molecule has 100 valence electrons. The van der Waals surface area contributed by atoms with Gasteiger partial charge in [0.05, 0.1) is 15.9 Å². The summed E-state index contributed by atoms with van der Waals surface area (Å²) < 4.78 is 1.19. The molecule has 0 spiro atoms. The van der Waals surface area contributed by atoms with Gasteiger partial charge in [0.2, 0.25) is 5.91 Å². The first-order chi connectivity index (χ1) is 9.15. The first-order valence-electron chi connectivity index (χ1n) is 6.58. The van der Waals surface area contributed by atoms with Gasteiger partial charge in [0.15, 0.2) is 5.13 Å². The van der Waals surface area contributed by atoms with Gasteiger partial charge in [-0.15, -0.1) is 0 Å². The van der Waals surface area contributed by atoms with Crippen molar-refractivity contribution in [2.45, 2.75) is 26.7 Å². The number of aromatic nitrogens is 1. The van der Waals surface area contributed by atoms with E-state index in [9.17, 15) is 4.79 Å². The van der Waals surface area contributed by atoms with Crippen molar-refractivity contribution < 1.29 is 4.79 Å². The molecule has 1 aromatic carbocycles. The first-order valence-corrected chi connectivity index (χ1v) is 7.39. The maximum absolute atomic E-state index is 11.1. The van der Waals surface area contributed by atoms with Gasteiger partial charge in [0.1, 0.15) is 0 Å². The molecule has 0 aliphatic carbocycles. The number of thiazole rings is 1. The SMILES string of the molecule is CC(=O)Nc1nc2ccc(C)c(N3CCCC3)c2s1. The lowest BCUT2D eigenvalue weighted by Gasteiger charge is -2.20. The highest BCUT2D eigenvalue weighted by atomic mass is 32.1. The molecule has 2 aromatic rings. The Balaban J connectivity index is 2.10. The molecular formula is C14H17N3OS. The highest BCUT2D eigenvalue weighted by molar-refractivity contribution is 7.23. The van der Waals surface area contributed by atoms with E-state index in [0.29, 0.717) is 5.13 Å². The van der Waals surface area contributed by atoms with Crippen LogP contribution in [0.3, 0.4) is 0 Å². The van der Waals surface area contributed by atoms with Crippen LogP contribution in [0, 0.1) is 6.92 Å². The van der Waals surface area contributed by atoms with Crippen molar-refractivity contribution >= 4 is 38.3 Å². The van der Waals surface area contributed by atoms with E-state index in [4.69, 9.17) is 0 Å². The Bertz CT molecular complexity index is 629. The number of fused-ring (bicyclic) bond motifs is 1. The number of carbonyl (C=O) groups is 1. The summed E-state index contributed by atoms with van der Waals surface area (Å²) in [4.78, 5) is 18.1. The average Bonchev–Trinajstić information content (AvgIpc) is 2.96. The van der Waals surface area contributed by atoms with E-state index < -0.39 is 0 Å². The third kappa shape index (κ3) is 2.30. The van der Waals surface area contributed by atoms with Crippen LogP contribution in [0.4, 0.5) is 10.8 Å². The summed E-state index contributed by atoms with van der Waals surface area (Å²) in [5.74, 6) is -0.0708. The van der Waals surface area contributed by atoms with E-state index in [2.05, 4.69) is 28.2 Å². The lowest BCUT2D eigenvalue weighted by Crippen LogP contribution is -2.18. The van der Waals surface area contributed by atoms with Gasteiger partial charge in [-0.1, -0.05) is 17.4 Å². The van der Waals surface area contributed by atoms with Crippen LogP contribution in [-0.4, -0.2) is 24.0 Å². The van der Waals surface area contributed by atoms with E-state index in [0.717, 1.165) is 18.6 Å². The monoisotopic (exact) mass is 275 g/mol. The average molecular weight is 275 g/mol. The molecule has 19 heavy (non-hydrogen) atoms. The molecule has 0 atom stereocenters. The molecule has 1 aromatic heterocycles. The van der Waals surface area contributed by atoms with Crippen molar-refractivity contribution in [2.24, 2.45) is 0 Å². The first kappa shape index (κ1) is 12.4. The number of nitrogens with one attached hydrogen (secondary N) is 1. The molecule has 3 rings (SSSR count). The molecule has 1 aliphatic rings. The van der Waals surface area contributed by atoms with Gasteiger partial charge in [-0.05, 0) is 31.4 Å². The lowest BCUT2D eigenvalue weighted by molar-refractivity contribution is -0.114. The molecule has 0 bridgehead atoms. The van der Waals surface area contributed by atoms with Crippen molar-refractivity contribution in [1.82, 2.24) is 4.98 Å². The second kappa shape index (κ2) is 4.81. The van der Waals surface area contributed by atoms with Crippen LogP contribution < -0.4 is 10.2 Å². The maximum atomic E-state index is 11.1. The Morgan fingerprint density at radius 1 is 1.37 bits per heavy atom. The third-order valence-electron chi connectivity index (χ3n) is 3.44. The molecule has 4 nitrogen and oxygen atoms in total. The Morgan fingerprint density at radius 2 is 2.11 bits per heavy atom. The van der Waals surface area contributed by atoms with Gasteiger partial charge < -0.3 is 10.2 Å². The quantitative estimate of drug-likeness (QED) is 0.915. The van der Waals surface area contributed by atoms with Gasteiger partial charge in [-0.2, -0.15) is 0 Å². The minimum absolute atomic E-state index is 0.0708. The van der Waals surface area contributed by atoms with Crippen LogP contribution in [0.1, 0.15) is 25.3 Å². The minimum atomic E-state index is -0.0708. The van der Waals surface area contributed by atoms with Gasteiger partial charge in [-0.3, -0.25) is 4.79 Å². The molecule has 5 heteroatoms. The number of nitrogens with zero attached hydrogens (tertiary/aromatic N) is 2. The molecule has 1 aliphatic heterocycles. The van der Waals surface area contributed by atoms with Gasteiger partial charge in [-0.25, -0.2) is 4.98 Å². The van der Waals surface area contributed by atoms with Crippen LogP contribution in [0.25, 0.3) is 10.2 Å². The normalized spacial score (nSPS) is 15.2. The molecule has 0 saturated carbocycles. The van der Waals surface area contributed by atoms with Crippen molar-refractivity contribution in [3.8, 4) is 0 Å². The number of hydrogen-bond donors (Lipinski definition) is 1. The predicted molar refractivity (Wildman–Crippen MR) is 80.1 cm³/mol. The summed E-state index contributed by atoms with van der Waals surface area (Å²) in [6.45, 7) is 5.89. The van der Waals surface area contributed by atoms with Gasteiger partial charge >= 0.3 is 0 Å². The molecule has 1 fully saturated rings. The number of amides is 1. The molecule has 1 N–H and O–H groups in total. The third-order valence-corrected chi connectivity index (χ3v) is 4.43. The topological polar surface area (TPSA) is 45.2 Å². The molecule has 1 saturated heterocycles. The molecule has 0 unspecified atom stereocenters. The summed E-state index contributed by atoms with van der Waals surface area (Å²) >= 11 is 1.57. The van der Waals surface area contributed by atoms with Crippen molar-refractivity contribution in [2.75, 3.05) is 23.3 Å². The number of aryl methyl sites for hydroxylation is 1. The molecular weight excluding hydrogens is 258 g/mol. The summed E-state index contributed by atoms with van der Waals surface area (Å²) in [6.07, 6.45) is 2.51. The zero-order valence-electron chi connectivity index (χ0n) is 11.2. The number of hydrogen-bond acceptors (Lipinski definition) is 4. The van der Waals surface area contributed by atoms with Crippen molar-refractivity contribution in [3.63, 3.8) is 0 Å². The zero-order chi connectivity index (χ0) is 13.4. The van der Waals surface area contributed by atoms with E-state index in [1.165, 1.54) is 35.7 Å². The standard InChI is InChI=1S/C14H17N3OS/c1-9-5-6-11-13(12(9)17-7-3-4-8-17)19-14(16-11)15-10(2)18/h5-6H,3-4,7-8H2,1-2H3,(H,15,16,18). The van der Waals surface area contributed by atoms with Crippen molar-refractivity contribution in [3.05, 3.63) is 17.7 Å². The maximum Gasteiger partial charge on any atom is 0.223 e. The van der Waals surface area contributed by atoms with Crippen LogP contribution in [0.15, 0.2) is 12.1 Å². The van der Waals surface area contributed by atoms with Gasteiger partial charge in [0, 0.05) is 20.0 Å². The molecule has 2 heterocycles. The second-order valence-corrected chi connectivity index (χ2v) is 5.97. The summed E-state index contributed by atoms with van der Waals surface area (Å²) in [7, 11) is 0. The van der Waals surface area contributed by atoms with E-state index >= 15 is 0 Å². The van der Waals surface area contributed by atoms with Crippen LogP contribution in [0.5, 0.6) is 0 Å². The second-order valence-electron chi connectivity index (χ2n) is 4.97. The van der Waals surface area contributed by atoms with E-state index in [1.807, 2.05) is 6.07 Å². The number of benzene rings is 1. The van der Waals surface area contributed by atoms with E-state index in [1.54, 1.807) is 11.3 Å². The lowest BCUT2D eigenvalue weighted by atomic mass is 10.1. The number of carbonyl (C=O) groups excluding carboxylic acids is 1. The Labute approximate surface area is 116 Å². The minimum Gasteiger partial charge on any atom is -0.370 e. The molecule has 0 radical (unpaired) electrons. The number of rotatable bonds is 2. The Hall–Kier alpha value is -1.62. The summed E-state index contributed by atoms with van der Waals surface area (Å²) in [5, 5.41) is 3.47. The Morgan fingerprint density at radius 3 is 2.79 bits per heavy atom. The van der Waals surface area contributed by atoms with Crippen LogP contribution >= 0.6 is 11.3 Å². The van der Waals surface area contributed by atoms with Crippen LogP contribution in [0.2, 0.25) is 0 Å². The Kier molecular flexibility index (Phi) is 3.14. The van der Waals surface area contributed by atoms with Crippen molar-refractivity contribution in [1.29, 1.82) is 0 Å².